The van der Waals surface area contributed by atoms with Gasteiger partial charge in [0, 0.05) is 4.90 Å². The van der Waals surface area contributed by atoms with Crippen LogP contribution >= 0.6 is 24.0 Å². The SMILES string of the molecule is CCOC(=O)Cc1nc2cc(S)ccc2s1. The van der Waals surface area contributed by atoms with Gasteiger partial charge in [0.2, 0.25) is 0 Å². The number of esters is 1. The summed E-state index contributed by atoms with van der Waals surface area (Å²) >= 11 is 5.76. The molecule has 84 valence electrons. The number of carbonyl (C=O) groups is 1. The number of nitrogens with zero attached hydrogens (tertiary/aromatic N) is 1. The Bertz CT molecular complexity index is 522. The number of hydrogen-bond acceptors (Lipinski definition) is 5. The molecule has 0 fully saturated rings. The molecule has 1 aromatic heterocycles. The van der Waals surface area contributed by atoms with Crippen LogP contribution in [-0.4, -0.2) is 17.6 Å². The van der Waals surface area contributed by atoms with E-state index in [4.69, 9.17) is 4.74 Å². The van der Waals surface area contributed by atoms with E-state index in [1.54, 1.807) is 6.92 Å². The van der Waals surface area contributed by atoms with Crippen LogP contribution in [-0.2, 0) is 16.0 Å². The van der Waals surface area contributed by atoms with E-state index in [0.29, 0.717) is 6.61 Å². The fourth-order valence-electron chi connectivity index (χ4n) is 1.37. The summed E-state index contributed by atoms with van der Waals surface area (Å²) in [5.74, 6) is -0.229. The largest absolute Gasteiger partial charge is 0.466 e. The number of thiol groups is 1. The molecule has 0 bridgehead atoms. The van der Waals surface area contributed by atoms with Crippen molar-refractivity contribution in [2.24, 2.45) is 0 Å². The van der Waals surface area contributed by atoms with Gasteiger partial charge in [0.15, 0.2) is 0 Å². The Morgan fingerprint density at radius 2 is 2.38 bits per heavy atom. The van der Waals surface area contributed by atoms with Crippen molar-refractivity contribution in [3.63, 3.8) is 0 Å². The monoisotopic (exact) mass is 253 g/mol. The molecule has 3 nitrogen and oxygen atoms in total. The molecule has 0 N–H and O–H groups in total. The number of aromatic nitrogens is 1. The molecule has 1 heterocycles. The molecule has 2 aromatic rings. The van der Waals surface area contributed by atoms with Gasteiger partial charge in [-0.15, -0.1) is 24.0 Å². The van der Waals surface area contributed by atoms with E-state index in [2.05, 4.69) is 17.6 Å². The molecular formula is C11H11NO2S2. The lowest BCUT2D eigenvalue weighted by atomic mass is 10.3. The molecule has 0 saturated heterocycles. The highest BCUT2D eigenvalue weighted by Crippen LogP contribution is 2.24. The highest BCUT2D eigenvalue weighted by atomic mass is 32.1. The third-order valence-corrected chi connectivity index (χ3v) is 3.33. The Hall–Kier alpha value is -1.07. The maximum atomic E-state index is 11.3. The minimum absolute atomic E-state index is 0.229. The summed E-state index contributed by atoms with van der Waals surface area (Å²) in [6.07, 6.45) is 0.245. The van der Waals surface area contributed by atoms with Crippen molar-refractivity contribution in [3.05, 3.63) is 23.2 Å². The molecule has 2 rings (SSSR count). The molecule has 5 heteroatoms. The minimum atomic E-state index is -0.229. The molecule has 0 aliphatic carbocycles. The van der Waals surface area contributed by atoms with Gasteiger partial charge in [0.1, 0.15) is 5.01 Å². The summed E-state index contributed by atoms with van der Waals surface area (Å²) in [6.45, 7) is 2.20. The van der Waals surface area contributed by atoms with Gasteiger partial charge in [-0.25, -0.2) is 4.98 Å². The van der Waals surface area contributed by atoms with Crippen LogP contribution in [0, 0.1) is 0 Å². The van der Waals surface area contributed by atoms with E-state index in [1.165, 1.54) is 11.3 Å². The van der Waals surface area contributed by atoms with E-state index in [-0.39, 0.29) is 12.4 Å². The molecule has 16 heavy (non-hydrogen) atoms. The van der Waals surface area contributed by atoms with Crippen molar-refractivity contribution in [2.75, 3.05) is 6.61 Å². The topological polar surface area (TPSA) is 39.2 Å². The van der Waals surface area contributed by atoms with Gasteiger partial charge in [-0.05, 0) is 25.1 Å². The molecule has 0 saturated carbocycles. The van der Waals surface area contributed by atoms with Gasteiger partial charge >= 0.3 is 5.97 Å². The van der Waals surface area contributed by atoms with Crippen LogP contribution in [0.15, 0.2) is 23.1 Å². The van der Waals surface area contributed by atoms with Crippen molar-refractivity contribution in [3.8, 4) is 0 Å². The van der Waals surface area contributed by atoms with Gasteiger partial charge in [0.25, 0.3) is 0 Å². The van der Waals surface area contributed by atoms with Crippen molar-refractivity contribution in [1.29, 1.82) is 0 Å². The Labute approximate surface area is 103 Å². The number of thiazole rings is 1. The van der Waals surface area contributed by atoms with Crippen LogP contribution in [0.5, 0.6) is 0 Å². The molecule has 0 aliphatic rings. The quantitative estimate of drug-likeness (QED) is 0.675. The van der Waals surface area contributed by atoms with Crippen LogP contribution in [0.4, 0.5) is 0 Å². The summed E-state index contributed by atoms with van der Waals surface area (Å²) < 4.78 is 5.94. The van der Waals surface area contributed by atoms with Crippen molar-refractivity contribution < 1.29 is 9.53 Å². The second-order valence-corrected chi connectivity index (χ2v) is 4.87. The highest BCUT2D eigenvalue weighted by molar-refractivity contribution is 7.80. The lowest BCUT2D eigenvalue weighted by Crippen LogP contribution is -2.06. The zero-order valence-electron chi connectivity index (χ0n) is 8.77. The van der Waals surface area contributed by atoms with Crippen LogP contribution in [0.1, 0.15) is 11.9 Å². The second kappa shape index (κ2) is 4.84. The predicted octanol–water partition coefficient (Wildman–Crippen LogP) is 2.69. The lowest BCUT2D eigenvalue weighted by molar-refractivity contribution is -0.142. The zero-order valence-corrected chi connectivity index (χ0v) is 10.5. The minimum Gasteiger partial charge on any atom is -0.466 e. The van der Waals surface area contributed by atoms with E-state index < -0.39 is 0 Å². The van der Waals surface area contributed by atoms with Crippen LogP contribution in [0.25, 0.3) is 10.2 Å². The number of hydrogen-bond donors (Lipinski definition) is 1. The molecule has 0 radical (unpaired) electrons. The summed E-state index contributed by atoms with van der Waals surface area (Å²) in [5, 5.41) is 0.785. The molecule has 0 spiro atoms. The van der Waals surface area contributed by atoms with Crippen molar-refractivity contribution in [2.45, 2.75) is 18.2 Å². The molecule has 0 atom stereocenters. The molecule has 0 aliphatic heterocycles. The van der Waals surface area contributed by atoms with Crippen LogP contribution in [0.3, 0.4) is 0 Å². The van der Waals surface area contributed by atoms with E-state index in [0.717, 1.165) is 20.1 Å². The van der Waals surface area contributed by atoms with E-state index in [9.17, 15) is 4.79 Å². The number of benzene rings is 1. The first kappa shape index (κ1) is 11.4. The number of fused-ring (bicyclic) bond motifs is 1. The van der Waals surface area contributed by atoms with E-state index >= 15 is 0 Å². The smallest absolute Gasteiger partial charge is 0.312 e. The number of ether oxygens (including phenoxy) is 1. The first-order valence-electron chi connectivity index (χ1n) is 4.93. The average molecular weight is 253 g/mol. The van der Waals surface area contributed by atoms with E-state index in [1.807, 2.05) is 18.2 Å². The number of carbonyl (C=O) groups excluding carboxylic acids is 1. The third kappa shape index (κ3) is 2.54. The maximum absolute atomic E-state index is 11.3. The fourth-order valence-corrected chi connectivity index (χ4v) is 2.50. The Morgan fingerprint density at radius 3 is 3.12 bits per heavy atom. The predicted molar refractivity (Wildman–Crippen MR) is 67.2 cm³/mol. The maximum Gasteiger partial charge on any atom is 0.312 e. The van der Waals surface area contributed by atoms with Crippen LogP contribution < -0.4 is 0 Å². The fraction of sp³-hybridized carbons (Fsp3) is 0.273. The van der Waals surface area contributed by atoms with Crippen molar-refractivity contribution >= 4 is 40.2 Å². The standard InChI is InChI=1S/C11H11NO2S2/c1-2-14-11(13)6-10-12-8-5-7(15)3-4-9(8)16-10/h3-5,15H,2,6H2,1H3. The van der Waals surface area contributed by atoms with Gasteiger partial charge in [-0.2, -0.15) is 0 Å². The van der Waals surface area contributed by atoms with Crippen LogP contribution in [0.2, 0.25) is 0 Å². The zero-order chi connectivity index (χ0) is 11.5. The molecule has 1 aromatic carbocycles. The second-order valence-electron chi connectivity index (χ2n) is 3.24. The molecule has 0 amide bonds. The number of rotatable bonds is 3. The Balaban J connectivity index is 2.23. The normalized spacial score (nSPS) is 10.6. The van der Waals surface area contributed by atoms with Gasteiger partial charge < -0.3 is 4.74 Å². The molecular weight excluding hydrogens is 242 g/mol. The van der Waals surface area contributed by atoms with Gasteiger partial charge in [-0.1, -0.05) is 0 Å². The summed E-state index contributed by atoms with van der Waals surface area (Å²) in [4.78, 5) is 16.5. The first-order valence-corrected chi connectivity index (χ1v) is 6.19. The highest BCUT2D eigenvalue weighted by Gasteiger charge is 2.09. The third-order valence-electron chi connectivity index (χ3n) is 2.02. The first-order chi connectivity index (χ1) is 7.69. The van der Waals surface area contributed by atoms with Gasteiger partial charge in [-0.3, -0.25) is 4.79 Å². The van der Waals surface area contributed by atoms with Gasteiger partial charge in [0.05, 0.1) is 23.2 Å². The Morgan fingerprint density at radius 1 is 1.56 bits per heavy atom. The summed E-state index contributed by atoms with van der Waals surface area (Å²) in [7, 11) is 0. The lowest BCUT2D eigenvalue weighted by Gasteiger charge is -1.97. The summed E-state index contributed by atoms with van der Waals surface area (Å²) in [6, 6.07) is 5.77. The summed E-state index contributed by atoms with van der Waals surface area (Å²) in [5.41, 5.74) is 0.886. The Kier molecular flexibility index (Phi) is 3.46. The molecule has 0 unspecified atom stereocenters. The van der Waals surface area contributed by atoms with Crippen molar-refractivity contribution in [1.82, 2.24) is 4.98 Å². The average Bonchev–Trinajstić information content (AvgIpc) is 2.59.